The molecule has 0 atom stereocenters. The van der Waals surface area contributed by atoms with Crippen LogP contribution in [0.5, 0.6) is 0 Å². The van der Waals surface area contributed by atoms with Gasteiger partial charge in [-0.25, -0.2) is 21.5 Å². The van der Waals surface area contributed by atoms with E-state index in [1.807, 2.05) is 0 Å². The first kappa shape index (κ1) is 16.6. The minimum atomic E-state index is -3.76. The maximum atomic E-state index is 13.0. The lowest BCUT2D eigenvalue weighted by atomic mass is 10.2. The number of nitrogens with two attached hydrogens (primary N) is 1. The largest absolute Gasteiger partial charge is 0.396 e. The number of nitrogen functional groups attached to an aromatic ring is 1. The lowest BCUT2D eigenvalue weighted by Crippen LogP contribution is -2.31. The van der Waals surface area contributed by atoms with E-state index < -0.39 is 29.1 Å². The molecular formula is C11H17F2N3O3S. The van der Waals surface area contributed by atoms with Gasteiger partial charge in [0.25, 0.3) is 5.92 Å². The Bertz CT molecular complexity index is 576. The van der Waals surface area contributed by atoms with Crippen LogP contribution < -0.4 is 11.1 Å². The summed E-state index contributed by atoms with van der Waals surface area (Å²) in [7, 11) is -1.07. The second-order valence-corrected chi connectivity index (χ2v) is 6.49. The van der Waals surface area contributed by atoms with Crippen molar-refractivity contribution in [1.82, 2.24) is 4.31 Å². The Hall–Kier alpha value is -1.45. The minimum Gasteiger partial charge on any atom is -0.396 e. The third-order valence-corrected chi connectivity index (χ3v) is 4.47. The number of nitrogens with zero attached hydrogens (tertiary/aromatic N) is 1. The average molecular weight is 309 g/mol. The summed E-state index contributed by atoms with van der Waals surface area (Å²) in [6.45, 7) is -2.16. The molecule has 0 aliphatic rings. The van der Waals surface area contributed by atoms with Gasteiger partial charge in [-0.15, -0.1) is 0 Å². The number of nitrogens with one attached hydrogen (secondary N) is 1. The summed E-state index contributed by atoms with van der Waals surface area (Å²) in [5.74, 6) is -3.32. The number of hydrogen-bond acceptors (Lipinski definition) is 5. The number of rotatable bonds is 6. The highest BCUT2D eigenvalue weighted by Crippen LogP contribution is 2.28. The molecule has 6 nitrogen and oxygen atoms in total. The molecule has 0 aromatic heterocycles. The van der Waals surface area contributed by atoms with Crippen LogP contribution in [0.3, 0.4) is 0 Å². The van der Waals surface area contributed by atoms with Crippen molar-refractivity contribution in [1.29, 1.82) is 0 Å². The molecule has 0 spiro atoms. The summed E-state index contributed by atoms with van der Waals surface area (Å²) in [5.41, 5.74) is 5.63. The summed E-state index contributed by atoms with van der Waals surface area (Å²) in [6, 6.07) is 4.07. The highest BCUT2D eigenvalue weighted by atomic mass is 32.2. The predicted molar refractivity (Wildman–Crippen MR) is 72.2 cm³/mol. The molecule has 20 heavy (non-hydrogen) atoms. The monoisotopic (exact) mass is 309 g/mol. The maximum Gasteiger partial charge on any atom is 0.287 e. The summed E-state index contributed by atoms with van der Waals surface area (Å²) in [5, 5.41) is 10.8. The number of hydrogen-bond donors (Lipinski definition) is 3. The molecule has 0 fully saturated rings. The predicted octanol–water partition coefficient (Wildman–Crippen LogP) is 0.559. The van der Waals surface area contributed by atoms with Crippen LogP contribution in [-0.4, -0.2) is 51.0 Å². The van der Waals surface area contributed by atoms with Crippen molar-refractivity contribution in [3.05, 3.63) is 18.2 Å². The molecule has 0 saturated carbocycles. The van der Waals surface area contributed by atoms with Crippen LogP contribution in [0.1, 0.15) is 0 Å². The first-order valence-electron chi connectivity index (χ1n) is 5.65. The topological polar surface area (TPSA) is 95.7 Å². The van der Waals surface area contributed by atoms with Crippen molar-refractivity contribution < 1.29 is 22.3 Å². The van der Waals surface area contributed by atoms with E-state index in [0.29, 0.717) is 0 Å². The number of sulfonamides is 1. The van der Waals surface area contributed by atoms with Crippen molar-refractivity contribution in [3.8, 4) is 0 Å². The summed E-state index contributed by atoms with van der Waals surface area (Å²) >= 11 is 0. The Morgan fingerprint density at radius 1 is 1.40 bits per heavy atom. The van der Waals surface area contributed by atoms with Crippen LogP contribution in [-0.2, 0) is 10.0 Å². The zero-order valence-electron chi connectivity index (χ0n) is 11.1. The molecule has 0 saturated heterocycles. The lowest BCUT2D eigenvalue weighted by molar-refractivity contribution is -0.0372. The summed E-state index contributed by atoms with van der Waals surface area (Å²) in [6.07, 6.45) is 0. The maximum absolute atomic E-state index is 13.0. The fraction of sp³-hybridized carbons (Fsp3) is 0.455. The Kier molecular flexibility index (Phi) is 4.90. The fourth-order valence-corrected chi connectivity index (χ4v) is 2.43. The summed E-state index contributed by atoms with van der Waals surface area (Å²) in [4.78, 5) is -0.167. The quantitative estimate of drug-likeness (QED) is 0.667. The van der Waals surface area contributed by atoms with E-state index >= 15 is 0 Å². The molecule has 1 rings (SSSR count). The van der Waals surface area contributed by atoms with Gasteiger partial charge in [-0.05, 0) is 12.1 Å². The molecule has 0 aliphatic carbocycles. The van der Waals surface area contributed by atoms with Gasteiger partial charge in [0.2, 0.25) is 10.0 Å². The highest BCUT2D eigenvalue weighted by molar-refractivity contribution is 7.89. The third kappa shape index (κ3) is 3.56. The van der Waals surface area contributed by atoms with Crippen molar-refractivity contribution in [2.45, 2.75) is 10.8 Å². The van der Waals surface area contributed by atoms with Crippen molar-refractivity contribution >= 4 is 21.4 Å². The van der Waals surface area contributed by atoms with Gasteiger partial charge in [0.15, 0.2) is 0 Å². The van der Waals surface area contributed by atoms with Gasteiger partial charge in [0.05, 0.1) is 17.9 Å². The molecule has 114 valence electrons. The van der Waals surface area contributed by atoms with Gasteiger partial charge in [-0.3, -0.25) is 0 Å². The van der Waals surface area contributed by atoms with E-state index in [-0.39, 0.29) is 16.3 Å². The molecule has 0 amide bonds. The number of alkyl halides is 2. The molecule has 0 radical (unpaired) electrons. The van der Waals surface area contributed by atoms with Gasteiger partial charge in [-0.2, -0.15) is 0 Å². The Labute approximate surface area is 116 Å². The standard InChI is InChI=1S/C11H17F2N3O3S/c1-16(2)20(18,19)9-5-3-4-8(10(9)14)15-6-11(12,13)7-17/h3-5,15,17H,6-7,14H2,1-2H3. The zero-order chi connectivity index (χ0) is 15.6. The van der Waals surface area contributed by atoms with E-state index in [0.717, 1.165) is 4.31 Å². The zero-order valence-corrected chi connectivity index (χ0v) is 11.9. The van der Waals surface area contributed by atoms with Crippen LogP contribution in [0.2, 0.25) is 0 Å². The second-order valence-electron chi connectivity index (χ2n) is 4.37. The fourth-order valence-electron chi connectivity index (χ4n) is 1.40. The van der Waals surface area contributed by atoms with Gasteiger partial charge >= 0.3 is 0 Å². The number of aliphatic hydroxyl groups is 1. The number of para-hydroxylation sites is 1. The number of aliphatic hydroxyl groups excluding tert-OH is 1. The molecule has 0 aliphatic heterocycles. The van der Waals surface area contributed by atoms with Gasteiger partial charge in [-0.1, -0.05) is 6.07 Å². The van der Waals surface area contributed by atoms with Crippen LogP contribution in [0.15, 0.2) is 23.1 Å². The van der Waals surface area contributed by atoms with E-state index in [4.69, 9.17) is 10.8 Å². The van der Waals surface area contributed by atoms with Gasteiger partial charge in [0.1, 0.15) is 11.5 Å². The van der Waals surface area contributed by atoms with E-state index in [2.05, 4.69) is 5.32 Å². The highest BCUT2D eigenvalue weighted by Gasteiger charge is 2.28. The molecule has 0 bridgehead atoms. The van der Waals surface area contributed by atoms with Crippen molar-refractivity contribution in [2.24, 2.45) is 0 Å². The Morgan fingerprint density at radius 3 is 2.50 bits per heavy atom. The van der Waals surface area contributed by atoms with Crippen LogP contribution >= 0.6 is 0 Å². The van der Waals surface area contributed by atoms with Crippen LogP contribution in [0, 0.1) is 0 Å². The summed E-state index contributed by atoms with van der Waals surface area (Å²) < 4.78 is 50.9. The lowest BCUT2D eigenvalue weighted by Gasteiger charge is -2.18. The van der Waals surface area contributed by atoms with Crippen molar-refractivity contribution in [2.75, 3.05) is 38.3 Å². The smallest absolute Gasteiger partial charge is 0.287 e. The van der Waals surface area contributed by atoms with E-state index in [9.17, 15) is 17.2 Å². The van der Waals surface area contributed by atoms with Crippen LogP contribution in [0.4, 0.5) is 20.2 Å². The molecular weight excluding hydrogens is 292 g/mol. The molecule has 0 unspecified atom stereocenters. The molecule has 0 heterocycles. The molecule has 1 aromatic carbocycles. The minimum absolute atomic E-state index is 0.0704. The first-order chi connectivity index (χ1) is 9.12. The number of anilines is 2. The van der Waals surface area contributed by atoms with Crippen molar-refractivity contribution in [3.63, 3.8) is 0 Å². The Balaban J connectivity index is 3.09. The molecule has 4 N–H and O–H groups in total. The number of benzene rings is 1. The SMILES string of the molecule is CN(C)S(=O)(=O)c1cccc(NCC(F)(F)CO)c1N. The second kappa shape index (κ2) is 5.90. The molecule has 1 aromatic rings. The third-order valence-electron chi connectivity index (χ3n) is 2.59. The van der Waals surface area contributed by atoms with E-state index in [1.165, 1.54) is 32.3 Å². The number of halogens is 2. The van der Waals surface area contributed by atoms with E-state index in [1.54, 1.807) is 0 Å². The van der Waals surface area contributed by atoms with Gasteiger partial charge in [0, 0.05) is 14.1 Å². The average Bonchev–Trinajstić information content (AvgIpc) is 2.37. The van der Waals surface area contributed by atoms with Gasteiger partial charge < -0.3 is 16.2 Å². The Morgan fingerprint density at radius 2 is 2.00 bits per heavy atom. The molecule has 9 heteroatoms. The van der Waals surface area contributed by atoms with Crippen LogP contribution in [0.25, 0.3) is 0 Å². The first-order valence-corrected chi connectivity index (χ1v) is 7.09. The normalized spacial score (nSPS) is 12.7.